The van der Waals surface area contributed by atoms with Gasteiger partial charge in [0.05, 0.1) is 11.5 Å². The molecule has 0 spiro atoms. The third-order valence-electron chi connectivity index (χ3n) is 6.19. The van der Waals surface area contributed by atoms with Gasteiger partial charge in [0, 0.05) is 24.3 Å². The highest BCUT2D eigenvalue weighted by molar-refractivity contribution is 7.89. The number of fused-ring (bicyclic) bond motifs is 1. The van der Waals surface area contributed by atoms with Crippen LogP contribution in [0.25, 0.3) is 0 Å². The van der Waals surface area contributed by atoms with E-state index in [4.69, 9.17) is 4.74 Å². The third-order valence-corrected chi connectivity index (χ3v) is 7.66. The van der Waals surface area contributed by atoms with Crippen LogP contribution in [0.4, 0.5) is 11.4 Å². The number of nitrogens with one attached hydrogen (secondary N) is 2. The molecule has 2 N–H and O–H groups in total. The Hall–Kier alpha value is -3.69. The molecule has 0 saturated heterocycles. The van der Waals surface area contributed by atoms with Crippen molar-refractivity contribution in [2.45, 2.75) is 44.0 Å². The van der Waals surface area contributed by atoms with E-state index in [1.807, 2.05) is 37.3 Å². The van der Waals surface area contributed by atoms with Gasteiger partial charge in [0.2, 0.25) is 21.8 Å². The van der Waals surface area contributed by atoms with E-state index in [-0.39, 0.29) is 17.2 Å². The number of benzene rings is 3. The molecular weight excluding hydrogens is 490 g/mol. The van der Waals surface area contributed by atoms with Crippen molar-refractivity contribution in [3.8, 4) is 5.75 Å². The number of carbonyl (C=O) groups excluding carboxylic acids is 2. The fraction of sp³-hybridized carbons (Fsp3) is 0.286. The Labute approximate surface area is 217 Å². The Balaban J connectivity index is 1.56. The lowest BCUT2D eigenvalue weighted by Crippen LogP contribution is -2.45. The summed E-state index contributed by atoms with van der Waals surface area (Å²) in [7, 11) is -4.03. The number of hydrogen-bond acceptors (Lipinski definition) is 5. The van der Waals surface area contributed by atoms with Gasteiger partial charge in [0.15, 0.2) is 0 Å². The minimum atomic E-state index is -4.03. The van der Waals surface area contributed by atoms with Gasteiger partial charge in [-0.3, -0.25) is 9.59 Å². The van der Waals surface area contributed by atoms with Crippen molar-refractivity contribution in [2.75, 3.05) is 23.4 Å². The first-order valence-electron chi connectivity index (χ1n) is 12.3. The SMILES string of the molecule is CCOc1ccc(NC(=O)[C@@H](Cc2ccccc2)NS(=O)(=O)c2ccc3c(c2)CCN3C(=O)CC)cc1. The molecule has 1 aliphatic heterocycles. The summed E-state index contributed by atoms with van der Waals surface area (Å²) in [5, 5.41) is 2.81. The summed E-state index contributed by atoms with van der Waals surface area (Å²) in [5.74, 6) is 0.205. The summed E-state index contributed by atoms with van der Waals surface area (Å²) in [4.78, 5) is 27.2. The molecular formula is C28H31N3O5S. The highest BCUT2D eigenvalue weighted by atomic mass is 32.2. The molecule has 1 heterocycles. The minimum Gasteiger partial charge on any atom is -0.494 e. The van der Waals surface area contributed by atoms with Crippen LogP contribution in [0.3, 0.4) is 0 Å². The molecule has 37 heavy (non-hydrogen) atoms. The van der Waals surface area contributed by atoms with Gasteiger partial charge in [-0.2, -0.15) is 4.72 Å². The molecule has 0 fully saturated rings. The van der Waals surface area contributed by atoms with Gasteiger partial charge in [-0.05, 0) is 73.4 Å². The zero-order valence-electron chi connectivity index (χ0n) is 20.9. The van der Waals surface area contributed by atoms with Gasteiger partial charge in [-0.25, -0.2) is 8.42 Å². The second-order valence-electron chi connectivity index (χ2n) is 8.75. The van der Waals surface area contributed by atoms with Crippen molar-refractivity contribution < 1.29 is 22.7 Å². The quantitative estimate of drug-likeness (QED) is 0.421. The Bertz CT molecular complexity index is 1360. The first-order valence-corrected chi connectivity index (χ1v) is 13.8. The van der Waals surface area contributed by atoms with Crippen LogP contribution in [0, 0.1) is 0 Å². The molecule has 0 radical (unpaired) electrons. The number of sulfonamides is 1. The van der Waals surface area contributed by atoms with Crippen LogP contribution in [-0.4, -0.2) is 39.4 Å². The molecule has 0 aliphatic carbocycles. The number of nitrogens with zero attached hydrogens (tertiary/aromatic N) is 1. The minimum absolute atomic E-state index is 0.00127. The lowest BCUT2D eigenvalue weighted by molar-refractivity contribution is -0.118. The Morgan fingerprint density at radius 2 is 1.73 bits per heavy atom. The molecule has 8 nitrogen and oxygen atoms in total. The van der Waals surface area contributed by atoms with Crippen molar-refractivity contribution >= 4 is 33.2 Å². The van der Waals surface area contributed by atoms with Crippen molar-refractivity contribution in [3.63, 3.8) is 0 Å². The van der Waals surface area contributed by atoms with Crippen LogP contribution in [-0.2, 0) is 32.5 Å². The molecule has 0 bridgehead atoms. The van der Waals surface area contributed by atoms with E-state index in [1.165, 1.54) is 6.07 Å². The van der Waals surface area contributed by atoms with Crippen LogP contribution in [0.1, 0.15) is 31.4 Å². The maximum atomic E-state index is 13.4. The summed E-state index contributed by atoms with van der Waals surface area (Å²) >= 11 is 0. The molecule has 1 atom stereocenters. The molecule has 3 aromatic rings. The highest BCUT2D eigenvalue weighted by Crippen LogP contribution is 2.31. The third kappa shape index (κ3) is 6.36. The first kappa shape index (κ1) is 26.4. The molecule has 3 aromatic carbocycles. The van der Waals surface area contributed by atoms with Crippen LogP contribution >= 0.6 is 0 Å². The van der Waals surface area contributed by atoms with Crippen LogP contribution in [0.2, 0.25) is 0 Å². The van der Waals surface area contributed by atoms with E-state index in [9.17, 15) is 18.0 Å². The predicted octanol–water partition coefficient (Wildman–Crippen LogP) is 3.91. The van der Waals surface area contributed by atoms with Gasteiger partial charge >= 0.3 is 0 Å². The van der Waals surface area contributed by atoms with E-state index in [2.05, 4.69) is 10.0 Å². The summed E-state index contributed by atoms with van der Waals surface area (Å²) in [6.45, 7) is 4.74. The van der Waals surface area contributed by atoms with Gasteiger partial charge < -0.3 is 15.0 Å². The number of amides is 2. The highest BCUT2D eigenvalue weighted by Gasteiger charge is 2.29. The first-order chi connectivity index (χ1) is 17.8. The molecule has 0 saturated carbocycles. The van der Waals surface area contributed by atoms with E-state index in [0.717, 1.165) is 16.8 Å². The van der Waals surface area contributed by atoms with E-state index < -0.39 is 22.0 Å². The number of ether oxygens (including phenoxy) is 1. The smallest absolute Gasteiger partial charge is 0.242 e. The molecule has 1 aliphatic rings. The number of hydrogen-bond donors (Lipinski definition) is 2. The summed E-state index contributed by atoms with van der Waals surface area (Å²) in [5.41, 5.74) is 2.88. The average molecular weight is 522 g/mol. The van der Waals surface area contributed by atoms with Crippen LogP contribution in [0.5, 0.6) is 5.75 Å². The molecule has 194 valence electrons. The zero-order chi connectivity index (χ0) is 26.4. The molecule has 9 heteroatoms. The monoisotopic (exact) mass is 521 g/mol. The normalized spacial score (nSPS) is 13.6. The fourth-order valence-electron chi connectivity index (χ4n) is 4.32. The number of carbonyl (C=O) groups is 2. The topological polar surface area (TPSA) is 105 Å². The number of anilines is 2. The largest absolute Gasteiger partial charge is 0.494 e. The van der Waals surface area contributed by atoms with Crippen LogP contribution in [0.15, 0.2) is 77.7 Å². The van der Waals surface area contributed by atoms with Crippen molar-refractivity contribution in [2.24, 2.45) is 0 Å². The van der Waals surface area contributed by atoms with Crippen molar-refractivity contribution in [1.29, 1.82) is 0 Å². The maximum Gasteiger partial charge on any atom is 0.242 e. The van der Waals surface area contributed by atoms with E-state index in [0.29, 0.717) is 37.4 Å². The summed E-state index contributed by atoms with van der Waals surface area (Å²) in [6, 6.07) is 19.8. The second kappa shape index (κ2) is 11.6. The zero-order valence-corrected chi connectivity index (χ0v) is 21.8. The average Bonchev–Trinajstić information content (AvgIpc) is 3.33. The Kier molecular flexibility index (Phi) is 8.25. The molecule has 0 aromatic heterocycles. The van der Waals surface area contributed by atoms with Crippen molar-refractivity contribution in [3.05, 3.63) is 83.9 Å². The molecule has 2 amide bonds. The standard InChI is InChI=1S/C28H31N3O5S/c1-3-27(32)31-17-16-21-19-24(14-15-26(21)31)37(34,35)30-25(18-20-8-6-5-7-9-20)28(33)29-22-10-12-23(13-11-22)36-4-2/h5-15,19,25,30H,3-4,16-18H2,1-2H3,(H,29,33)/t25-/m1/s1. The van der Waals surface area contributed by atoms with E-state index in [1.54, 1.807) is 48.2 Å². The Morgan fingerprint density at radius 1 is 1.00 bits per heavy atom. The summed E-state index contributed by atoms with van der Waals surface area (Å²) in [6.07, 6.45) is 1.13. The molecule has 4 rings (SSSR count). The van der Waals surface area contributed by atoms with Crippen LogP contribution < -0.4 is 19.7 Å². The van der Waals surface area contributed by atoms with Gasteiger partial charge in [0.25, 0.3) is 0 Å². The van der Waals surface area contributed by atoms with Crippen molar-refractivity contribution in [1.82, 2.24) is 4.72 Å². The maximum absolute atomic E-state index is 13.4. The predicted molar refractivity (Wildman–Crippen MR) is 143 cm³/mol. The second-order valence-corrected chi connectivity index (χ2v) is 10.5. The molecule has 0 unspecified atom stereocenters. The lowest BCUT2D eigenvalue weighted by atomic mass is 10.1. The fourth-order valence-corrected chi connectivity index (χ4v) is 5.56. The lowest BCUT2D eigenvalue weighted by Gasteiger charge is -2.20. The van der Waals surface area contributed by atoms with E-state index >= 15 is 0 Å². The number of rotatable bonds is 10. The van der Waals surface area contributed by atoms with Gasteiger partial charge in [0.1, 0.15) is 11.8 Å². The summed E-state index contributed by atoms with van der Waals surface area (Å²) < 4.78 is 34.8. The van der Waals surface area contributed by atoms with Gasteiger partial charge in [-0.15, -0.1) is 0 Å². The Morgan fingerprint density at radius 3 is 2.41 bits per heavy atom. The van der Waals surface area contributed by atoms with Gasteiger partial charge in [-0.1, -0.05) is 37.3 Å².